The van der Waals surface area contributed by atoms with E-state index in [1.165, 1.54) is 18.9 Å². The summed E-state index contributed by atoms with van der Waals surface area (Å²) in [5.41, 5.74) is 5.44. The molecule has 0 bridgehead atoms. The fraction of sp³-hybridized carbons (Fsp3) is 1.00. The van der Waals surface area contributed by atoms with Crippen molar-refractivity contribution in [3.05, 3.63) is 0 Å². The molecule has 1 fully saturated rings. The number of hydrogen-bond donors (Lipinski definition) is 1. The maximum Gasteiger partial charge on any atom is 0.405 e. The van der Waals surface area contributed by atoms with E-state index in [0.29, 0.717) is 13.2 Å². The Morgan fingerprint density at radius 2 is 2.12 bits per heavy atom. The largest absolute Gasteiger partial charge is 0.405 e. The zero-order chi connectivity index (χ0) is 13.1. The van der Waals surface area contributed by atoms with Crippen LogP contribution < -0.4 is 5.73 Å². The third-order valence-electron chi connectivity index (χ3n) is 3.11. The number of alkyl halides is 3. The molecule has 1 saturated heterocycles. The van der Waals surface area contributed by atoms with Crippen molar-refractivity contribution in [1.82, 2.24) is 4.90 Å². The predicted molar refractivity (Wildman–Crippen MR) is 59.7 cm³/mol. The summed E-state index contributed by atoms with van der Waals surface area (Å²) >= 11 is 0. The van der Waals surface area contributed by atoms with Crippen LogP contribution in [0.2, 0.25) is 0 Å². The van der Waals surface area contributed by atoms with Gasteiger partial charge in [0.15, 0.2) is 0 Å². The van der Waals surface area contributed by atoms with Gasteiger partial charge in [-0.15, -0.1) is 0 Å². The van der Waals surface area contributed by atoms with Gasteiger partial charge >= 0.3 is 6.18 Å². The van der Waals surface area contributed by atoms with E-state index in [9.17, 15) is 13.2 Å². The molecule has 1 rings (SSSR count). The van der Waals surface area contributed by atoms with Gasteiger partial charge in [0, 0.05) is 19.2 Å². The van der Waals surface area contributed by atoms with E-state index in [1.54, 1.807) is 0 Å². The maximum absolute atomic E-state index is 12.8. The summed E-state index contributed by atoms with van der Waals surface area (Å²) in [6.07, 6.45) is -2.43. The first-order chi connectivity index (χ1) is 7.82. The van der Waals surface area contributed by atoms with Crippen LogP contribution in [0.15, 0.2) is 0 Å². The third-order valence-corrected chi connectivity index (χ3v) is 3.11. The Bertz CT molecular complexity index is 227. The number of hydrogen-bond acceptors (Lipinski definition) is 3. The summed E-state index contributed by atoms with van der Waals surface area (Å²) in [5.74, 6) is 0.178. The molecule has 0 aromatic heterocycles. The predicted octanol–water partition coefficient (Wildman–Crippen LogP) is 1.62. The van der Waals surface area contributed by atoms with Gasteiger partial charge in [0.1, 0.15) is 6.04 Å². The maximum atomic E-state index is 12.8. The molecule has 0 spiro atoms. The molecule has 0 radical (unpaired) electrons. The van der Waals surface area contributed by atoms with Crippen LogP contribution in [-0.2, 0) is 4.74 Å². The Morgan fingerprint density at radius 1 is 1.47 bits per heavy atom. The van der Waals surface area contributed by atoms with E-state index in [1.807, 2.05) is 0 Å². The molecular formula is C11H21F3N2O. The molecule has 0 aromatic rings. The van der Waals surface area contributed by atoms with E-state index in [4.69, 9.17) is 10.5 Å². The highest BCUT2D eigenvalue weighted by atomic mass is 19.4. The summed E-state index contributed by atoms with van der Waals surface area (Å²) in [6, 6.07) is -2.51. The van der Waals surface area contributed by atoms with Gasteiger partial charge in [-0.25, -0.2) is 0 Å². The van der Waals surface area contributed by atoms with Crippen molar-refractivity contribution in [2.45, 2.75) is 38.0 Å². The van der Waals surface area contributed by atoms with E-state index in [-0.39, 0.29) is 5.92 Å². The fourth-order valence-corrected chi connectivity index (χ4v) is 2.42. The number of nitrogens with zero attached hydrogens (tertiary/aromatic N) is 1. The van der Waals surface area contributed by atoms with Crippen molar-refractivity contribution in [2.24, 2.45) is 11.7 Å². The topological polar surface area (TPSA) is 38.5 Å². The molecule has 0 saturated carbocycles. The standard InChI is InChI=1S/C11H21F3N2O/c1-8(15)10(11(12,13)14)16(2)6-9-4-3-5-17-7-9/h8-10H,3-7,15H2,1-2H3. The number of rotatable bonds is 4. The van der Waals surface area contributed by atoms with Gasteiger partial charge in [-0.1, -0.05) is 0 Å². The number of halogens is 3. The molecule has 1 aliphatic heterocycles. The molecule has 102 valence electrons. The molecule has 1 aliphatic rings. The van der Waals surface area contributed by atoms with Crippen molar-refractivity contribution in [3.8, 4) is 0 Å². The molecule has 1 heterocycles. The smallest absolute Gasteiger partial charge is 0.381 e. The number of nitrogens with two attached hydrogens (primary N) is 1. The van der Waals surface area contributed by atoms with Crippen LogP contribution in [0.4, 0.5) is 13.2 Å². The van der Waals surface area contributed by atoms with Crippen molar-refractivity contribution < 1.29 is 17.9 Å². The lowest BCUT2D eigenvalue weighted by atomic mass is 10.00. The number of likely N-dealkylation sites (N-methyl/N-ethyl adjacent to an activating group) is 1. The van der Waals surface area contributed by atoms with Crippen LogP contribution >= 0.6 is 0 Å². The van der Waals surface area contributed by atoms with E-state index in [2.05, 4.69) is 0 Å². The average Bonchev–Trinajstić information content (AvgIpc) is 2.15. The summed E-state index contributed by atoms with van der Waals surface area (Å²) in [7, 11) is 1.48. The lowest BCUT2D eigenvalue weighted by Gasteiger charge is -2.35. The minimum Gasteiger partial charge on any atom is -0.381 e. The Hall–Kier alpha value is -0.330. The average molecular weight is 254 g/mol. The van der Waals surface area contributed by atoms with Gasteiger partial charge in [0.2, 0.25) is 0 Å². The molecule has 3 atom stereocenters. The van der Waals surface area contributed by atoms with Crippen LogP contribution in [0.25, 0.3) is 0 Å². The molecule has 0 amide bonds. The van der Waals surface area contributed by atoms with E-state index in [0.717, 1.165) is 19.4 Å². The zero-order valence-electron chi connectivity index (χ0n) is 10.3. The van der Waals surface area contributed by atoms with Crippen LogP contribution in [0, 0.1) is 5.92 Å². The van der Waals surface area contributed by atoms with Crippen LogP contribution in [0.3, 0.4) is 0 Å². The highest BCUT2D eigenvalue weighted by Gasteiger charge is 2.44. The summed E-state index contributed by atoms with van der Waals surface area (Å²) in [4.78, 5) is 1.31. The molecule has 6 heteroatoms. The second-order valence-corrected chi connectivity index (χ2v) is 4.87. The van der Waals surface area contributed by atoms with Gasteiger partial charge in [0.05, 0.1) is 6.61 Å². The molecule has 2 N–H and O–H groups in total. The fourth-order valence-electron chi connectivity index (χ4n) is 2.42. The summed E-state index contributed by atoms with van der Waals surface area (Å²) < 4.78 is 43.7. The van der Waals surface area contributed by atoms with Crippen molar-refractivity contribution in [2.75, 3.05) is 26.8 Å². The first-order valence-electron chi connectivity index (χ1n) is 5.92. The van der Waals surface area contributed by atoms with Crippen LogP contribution in [0.1, 0.15) is 19.8 Å². The lowest BCUT2D eigenvalue weighted by Crippen LogP contribution is -2.55. The van der Waals surface area contributed by atoms with Gasteiger partial charge in [-0.2, -0.15) is 13.2 Å². The monoisotopic (exact) mass is 254 g/mol. The van der Waals surface area contributed by atoms with Crippen molar-refractivity contribution in [3.63, 3.8) is 0 Å². The normalized spacial score (nSPS) is 25.9. The Labute approximate surface area is 100 Å². The highest BCUT2D eigenvalue weighted by Crippen LogP contribution is 2.27. The Balaban J connectivity index is 2.55. The quantitative estimate of drug-likeness (QED) is 0.828. The molecule has 3 unspecified atom stereocenters. The Kier molecular flexibility index (Phi) is 5.22. The minimum absolute atomic E-state index is 0.178. The SMILES string of the molecule is CC(N)C(N(C)CC1CCCOC1)C(F)(F)F. The summed E-state index contributed by atoms with van der Waals surface area (Å²) in [5, 5.41) is 0. The minimum atomic E-state index is -4.28. The molecule has 3 nitrogen and oxygen atoms in total. The molecule has 17 heavy (non-hydrogen) atoms. The molecular weight excluding hydrogens is 233 g/mol. The van der Waals surface area contributed by atoms with E-state index >= 15 is 0 Å². The second kappa shape index (κ2) is 6.02. The second-order valence-electron chi connectivity index (χ2n) is 4.87. The first-order valence-corrected chi connectivity index (χ1v) is 5.92. The lowest BCUT2D eigenvalue weighted by molar-refractivity contribution is -0.187. The molecule has 0 aliphatic carbocycles. The van der Waals surface area contributed by atoms with Gasteiger partial charge in [-0.05, 0) is 32.7 Å². The number of ether oxygens (including phenoxy) is 1. The Morgan fingerprint density at radius 3 is 2.53 bits per heavy atom. The van der Waals surface area contributed by atoms with Gasteiger partial charge in [0.25, 0.3) is 0 Å². The summed E-state index contributed by atoms with van der Waals surface area (Å²) in [6.45, 7) is 3.04. The van der Waals surface area contributed by atoms with Crippen LogP contribution in [0.5, 0.6) is 0 Å². The third kappa shape index (κ3) is 4.44. The highest BCUT2D eigenvalue weighted by molar-refractivity contribution is 4.85. The van der Waals surface area contributed by atoms with Gasteiger partial charge in [-0.3, -0.25) is 4.90 Å². The zero-order valence-corrected chi connectivity index (χ0v) is 10.3. The van der Waals surface area contributed by atoms with E-state index < -0.39 is 18.3 Å². The van der Waals surface area contributed by atoms with Gasteiger partial charge < -0.3 is 10.5 Å². The molecule has 0 aromatic carbocycles. The first kappa shape index (κ1) is 14.7. The van der Waals surface area contributed by atoms with Crippen LogP contribution in [-0.4, -0.2) is 50.0 Å². The van der Waals surface area contributed by atoms with Crippen molar-refractivity contribution in [1.29, 1.82) is 0 Å². The van der Waals surface area contributed by atoms with Crippen molar-refractivity contribution >= 4 is 0 Å².